The maximum Gasteiger partial charge on any atom is 0.344 e. The highest BCUT2D eigenvalue weighted by Crippen LogP contribution is 2.40. The molecule has 6 nitrogen and oxygen atoms in total. The molecule has 1 aromatic carbocycles. The largest absolute Gasteiger partial charge is 0.374 e. The number of nitrogens with zero attached hydrogens (tertiary/aromatic N) is 3. The standard InChI is InChI=1S/C20H21ClFN3O3/c1-12(26)19-2-3-25(23-19)20(27)24-9-14-6-18(7-15(14)10-24)28-11-13-4-16(21)8-17(22)5-13/h2-5,8,14-15,18H,6-7,9-11H2,1H3/t14-,15+,18-. The number of amides is 1. The van der Waals surface area contributed by atoms with Gasteiger partial charge in [-0.05, 0) is 54.5 Å². The second-order valence-electron chi connectivity index (χ2n) is 7.59. The molecule has 2 aliphatic rings. The first-order valence-corrected chi connectivity index (χ1v) is 9.69. The van der Waals surface area contributed by atoms with Gasteiger partial charge in [0.1, 0.15) is 11.5 Å². The van der Waals surface area contributed by atoms with Crippen molar-refractivity contribution in [1.82, 2.24) is 14.7 Å². The van der Waals surface area contributed by atoms with Crippen LogP contribution in [0.25, 0.3) is 0 Å². The zero-order chi connectivity index (χ0) is 19.8. The molecule has 4 rings (SSSR count). The first kappa shape index (κ1) is 19.1. The number of carbonyl (C=O) groups excluding carboxylic acids is 2. The molecule has 0 radical (unpaired) electrons. The molecule has 2 fully saturated rings. The number of hydrogen-bond acceptors (Lipinski definition) is 4. The van der Waals surface area contributed by atoms with Crippen LogP contribution < -0.4 is 0 Å². The Bertz CT molecular complexity index is 882. The highest BCUT2D eigenvalue weighted by atomic mass is 35.5. The number of ether oxygens (including phenoxy) is 1. The predicted octanol–water partition coefficient (Wildman–Crippen LogP) is 3.77. The van der Waals surface area contributed by atoms with E-state index in [0.717, 1.165) is 18.4 Å². The normalized spacial score (nSPS) is 23.8. The Hall–Kier alpha value is -2.25. The number of hydrogen-bond donors (Lipinski definition) is 0. The van der Waals surface area contributed by atoms with Crippen LogP contribution >= 0.6 is 11.6 Å². The van der Waals surface area contributed by atoms with Gasteiger partial charge in [0.15, 0.2) is 5.78 Å². The van der Waals surface area contributed by atoms with E-state index in [1.54, 1.807) is 17.0 Å². The smallest absolute Gasteiger partial charge is 0.344 e. The number of ketones is 1. The molecule has 0 N–H and O–H groups in total. The average molecular weight is 406 g/mol. The third-order valence-electron chi connectivity index (χ3n) is 5.53. The number of benzene rings is 1. The van der Waals surface area contributed by atoms with Crippen LogP contribution in [0.4, 0.5) is 9.18 Å². The molecule has 28 heavy (non-hydrogen) atoms. The average Bonchev–Trinajstić information content (AvgIpc) is 3.33. The zero-order valence-electron chi connectivity index (χ0n) is 15.5. The van der Waals surface area contributed by atoms with E-state index in [2.05, 4.69) is 5.10 Å². The number of halogens is 2. The summed E-state index contributed by atoms with van der Waals surface area (Å²) >= 11 is 5.88. The van der Waals surface area contributed by atoms with Crippen molar-refractivity contribution in [2.75, 3.05) is 13.1 Å². The molecular formula is C20H21ClFN3O3. The summed E-state index contributed by atoms with van der Waals surface area (Å²) in [5.41, 5.74) is 1.01. The Balaban J connectivity index is 1.30. The quantitative estimate of drug-likeness (QED) is 0.726. The Kier molecular flexibility index (Phi) is 5.21. The molecule has 2 aromatic rings. The van der Waals surface area contributed by atoms with Crippen LogP contribution in [0.3, 0.4) is 0 Å². The van der Waals surface area contributed by atoms with Crippen LogP contribution in [0.1, 0.15) is 35.8 Å². The lowest BCUT2D eigenvalue weighted by Gasteiger charge is -2.19. The van der Waals surface area contributed by atoms with Crippen LogP contribution in [-0.4, -0.2) is 45.7 Å². The number of likely N-dealkylation sites (tertiary alicyclic amines) is 1. The van der Waals surface area contributed by atoms with Gasteiger partial charge < -0.3 is 9.64 Å². The van der Waals surface area contributed by atoms with Gasteiger partial charge in [-0.3, -0.25) is 4.79 Å². The van der Waals surface area contributed by atoms with Gasteiger partial charge in [0.25, 0.3) is 0 Å². The van der Waals surface area contributed by atoms with Crippen LogP contribution in [0.2, 0.25) is 5.02 Å². The van der Waals surface area contributed by atoms with Gasteiger partial charge in [0.2, 0.25) is 0 Å². The summed E-state index contributed by atoms with van der Waals surface area (Å²) in [5.74, 6) is 0.236. The van der Waals surface area contributed by atoms with Gasteiger partial charge in [-0.25, -0.2) is 9.18 Å². The van der Waals surface area contributed by atoms with Crippen molar-refractivity contribution in [3.63, 3.8) is 0 Å². The lowest BCUT2D eigenvalue weighted by atomic mass is 10.0. The monoisotopic (exact) mass is 405 g/mol. The number of carbonyl (C=O) groups is 2. The minimum atomic E-state index is -0.366. The fourth-order valence-electron chi connectivity index (χ4n) is 4.21. The topological polar surface area (TPSA) is 64.4 Å². The number of Topliss-reactive ketones (excluding diaryl/α,β-unsaturated/α-hetero) is 1. The van der Waals surface area contributed by atoms with Crippen molar-refractivity contribution in [3.05, 3.63) is 52.6 Å². The molecule has 1 aliphatic carbocycles. The van der Waals surface area contributed by atoms with Gasteiger partial charge in [-0.1, -0.05) is 11.6 Å². The molecular weight excluding hydrogens is 385 g/mol. The molecule has 0 unspecified atom stereocenters. The first-order valence-electron chi connectivity index (χ1n) is 9.31. The summed E-state index contributed by atoms with van der Waals surface area (Å²) in [5, 5.41) is 4.41. The van der Waals surface area contributed by atoms with Crippen LogP contribution in [0.15, 0.2) is 30.5 Å². The molecule has 8 heteroatoms. The van der Waals surface area contributed by atoms with E-state index in [-0.39, 0.29) is 23.7 Å². The third-order valence-corrected chi connectivity index (χ3v) is 5.75. The number of aromatic nitrogens is 2. The Labute approximate surface area is 167 Å². The summed E-state index contributed by atoms with van der Waals surface area (Å²) in [4.78, 5) is 25.7. The fraction of sp³-hybridized carbons (Fsp3) is 0.450. The minimum Gasteiger partial charge on any atom is -0.374 e. The van der Waals surface area contributed by atoms with E-state index < -0.39 is 0 Å². The summed E-state index contributed by atoms with van der Waals surface area (Å²) in [6.07, 6.45) is 3.37. The number of fused-ring (bicyclic) bond motifs is 1. The second-order valence-corrected chi connectivity index (χ2v) is 8.03. The van der Waals surface area contributed by atoms with Gasteiger partial charge in [-0.2, -0.15) is 9.78 Å². The molecule has 0 bridgehead atoms. The summed E-state index contributed by atoms with van der Waals surface area (Å²) in [6, 6.07) is 5.77. The Morgan fingerprint density at radius 3 is 2.57 bits per heavy atom. The summed E-state index contributed by atoms with van der Waals surface area (Å²) < 4.78 is 20.6. The van der Waals surface area contributed by atoms with Gasteiger partial charge in [-0.15, -0.1) is 0 Å². The highest BCUT2D eigenvalue weighted by molar-refractivity contribution is 6.30. The highest BCUT2D eigenvalue weighted by Gasteiger charge is 2.43. The zero-order valence-corrected chi connectivity index (χ0v) is 16.2. The van der Waals surface area contributed by atoms with E-state index in [0.29, 0.717) is 42.2 Å². The van der Waals surface area contributed by atoms with E-state index >= 15 is 0 Å². The van der Waals surface area contributed by atoms with E-state index in [9.17, 15) is 14.0 Å². The van der Waals surface area contributed by atoms with Crippen molar-refractivity contribution < 1.29 is 18.7 Å². The third kappa shape index (κ3) is 3.95. The van der Waals surface area contributed by atoms with Crippen molar-refractivity contribution in [2.45, 2.75) is 32.5 Å². The predicted molar refractivity (Wildman–Crippen MR) is 101 cm³/mol. The molecule has 1 saturated carbocycles. The molecule has 2 heterocycles. The maximum absolute atomic E-state index is 13.4. The lowest BCUT2D eigenvalue weighted by Crippen LogP contribution is -2.34. The number of rotatable bonds is 4. The van der Waals surface area contributed by atoms with Gasteiger partial charge in [0.05, 0.1) is 12.7 Å². The summed E-state index contributed by atoms with van der Waals surface area (Å²) in [7, 11) is 0. The fourth-order valence-corrected chi connectivity index (χ4v) is 4.45. The minimum absolute atomic E-state index is 0.100. The van der Waals surface area contributed by atoms with Crippen molar-refractivity contribution >= 4 is 23.4 Å². The maximum atomic E-state index is 13.4. The van der Waals surface area contributed by atoms with Crippen molar-refractivity contribution in [1.29, 1.82) is 0 Å². The van der Waals surface area contributed by atoms with Crippen LogP contribution in [0.5, 0.6) is 0 Å². The Morgan fingerprint density at radius 1 is 1.25 bits per heavy atom. The van der Waals surface area contributed by atoms with E-state index in [4.69, 9.17) is 16.3 Å². The van der Waals surface area contributed by atoms with Crippen LogP contribution in [-0.2, 0) is 11.3 Å². The van der Waals surface area contributed by atoms with Crippen LogP contribution in [0, 0.1) is 17.7 Å². The van der Waals surface area contributed by atoms with Crippen molar-refractivity contribution in [2.24, 2.45) is 11.8 Å². The molecule has 1 amide bonds. The molecule has 148 valence electrons. The Morgan fingerprint density at radius 2 is 1.96 bits per heavy atom. The SMILES string of the molecule is CC(=O)c1ccn(C(=O)N2C[C@H]3C[C@@H](OCc4cc(F)cc(Cl)c4)C[C@H]3C2)n1. The molecule has 1 aliphatic heterocycles. The van der Waals surface area contributed by atoms with E-state index in [1.807, 2.05) is 0 Å². The summed E-state index contributed by atoms with van der Waals surface area (Å²) in [6.45, 7) is 3.06. The lowest BCUT2D eigenvalue weighted by molar-refractivity contribution is 0.0382. The van der Waals surface area contributed by atoms with Crippen molar-refractivity contribution in [3.8, 4) is 0 Å². The molecule has 1 aromatic heterocycles. The van der Waals surface area contributed by atoms with Gasteiger partial charge in [0, 0.05) is 31.2 Å². The first-order chi connectivity index (χ1) is 13.4. The molecule has 1 saturated heterocycles. The molecule has 3 atom stereocenters. The molecule has 0 spiro atoms. The van der Waals surface area contributed by atoms with Gasteiger partial charge >= 0.3 is 6.03 Å². The second kappa shape index (κ2) is 7.64. The van der Waals surface area contributed by atoms with E-state index in [1.165, 1.54) is 29.9 Å².